The van der Waals surface area contributed by atoms with Crippen LogP contribution in [0.2, 0.25) is 0 Å². The Balaban J connectivity index is 2.15. The van der Waals surface area contributed by atoms with Crippen molar-refractivity contribution in [3.63, 3.8) is 0 Å². The van der Waals surface area contributed by atoms with E-state index >= 15 is 0 Å². The van der Waals surface area contributed by atoms with Crippen molar-refractivity contribution in [3.8, 4) is 0 Å². The van der Waals surface area contributed by atoms with Crippen molar-refractivity contribution < 1.29 is 9.53 Å². The molecule has 0 spiro atoms. The third kappa shape index (κ3) is 3.53. The van der Waals surface area contributed by atoms with Crippen molar-refractivity contribution in [2.45, 2.75) is 25.7 Å². The zero-order valence-corrected chi connectivity index (χ0v) is 13.4. The van der Waals surface area contributed by atoms with E-state index in [1.807, 2.05) is 64.4 Å². The first-order chi connectivity index (χ1) is 9.96. The summed E-state index contributed by atoms with van der Waals surface area (Å²) < 4.78 is 5.51. The highest BCUT2D eigenvalue weighted by molar-refractivity contribution is 5.87. The molecule has 0 heterocycles. The van der Waals surface area contributed by atoms with E-state index in [0.29, 0.717) is 12.5 Å². The van der Waals surface area contributed by atoms with Crippen LogP contribution in [0.5, 0.6) is 0 Å². The number of ether oxygens (including phenoxy) is 1. The van der Waals surface area contributed by atoms with E-state index in [1.54, 1.807) is 0 Å². The molecule has 1 aliphatic rings. The van der Waals surface area contributed by atoms with Gasteiger partial charge in [0.15, 0.2) is 0 Å². The van der Waals surface area contributed by atoms with Gasteiger partial charge in [-0.25, -0.2) is 0 Å². The molecule has 1 aliphatic carbocycles. The third-order valence-corrected chi connectivity index (χ3v) is 4.05. The van der Waals surface area contributed by atoms with E-state index in [4.69, 9.17) is 4.74 Å². The Labute approximate surface area is 127 Å². The lowest BCUT2D eigenvalue weighted by Crippen LogP contribution is -2.29. The van der Waals surface area contributed by atoms with E-state index in [1.165, 1.54) is 0 Å². The number of carbonyl (C=O) groups is 1. The van der Waals surface area contributed by atoms with Gasteiger partial charge >= 0.3 is 5.97 Å². The highest BCUT2D eigenvalue weighted by atomic mass is 16.5. The topological polar surface area (TPSA) is 29.5 Å². The van der Waals surface area contributed by atoms with Crippen LogP contribution in [0.4, 0.5) is 0 Å². The molecule has 0 saturated heterocycles. The molecule has 0 aromatic heterocycles. The molecule has 0 N–H and O–H groups in total. The molecule has 114 valence electrons. The number of hydrogen-bond acceptors (Lipinski definition) is 3. The monoisotopic (exact) mass is 287 g/mol. The van der Waals surface area contributed by atoms with Crippen LogP contribution in [0.1, 0.15) is 25.8 Å². The Morgan fingerprint density at radius 2 is 2.00 bits per heavy atom. The van der Waals surface area contributed by atoms with Crippen molar-refractivity contribution >= 4 is 5.97 Å². The molecule has 1 fully saturated rings. The predicted octanol–water partition coefficient (Wildman–Crippen LogP) is 3.02. The highest BCUT2D eigenvalue weighted by Crippen LogP contribution is 2.55. The van der Waals surface area contributed by atoms with Gasteiger partial charge in [0.05, 0.1) is 5.41 Å². The SMILES string of the molecule is CC(C)=CCOC(=O)C1(c2ccccc2)CC1CN(C)C. The van der Waals surface area contributed by atoms with E-state index in [0.717, 1.165) is 24.1 Å². The summed E-state index contributed by atoms with van der Waals surface area (Å²) in [7, 11) is 4.09. The minimum atomic E-state index is -0.443. The molecule has 1 aromatic carbocycles. The molecular weight excluding hydrogens is 262 g/mol. The van der Waals surface area contributed by atoms with E-state index in [-0.39, 0.29) is 5.97 Å². The molecule has 0 bridgehead atoms. The Morgan fingerprint density at radius 1 is 1.33 bits per heavy atom. The quantitative estimate of drug-likeness (QED) is 0.595. The number of benzene rings is 1. The average molecular weight is 287 g/mol. The van der Waals surface area contributed by atoms with Crippen molar-refractivity contribution in [2.75, 3.05) is 27.2 Å². The van der Waals surface area contributed by atoms with Crippen LogP contribution in [-0.2, 0) is 14.9 Å². The summed E-state index contributed by atoms with van der Waals surface area (Å²) in [5.41, 5.74) is 1.80. The number of allylic oxidation sites excluding steroid dienone is 1. The van der Waals surface area contributed by atoms with Crippen LogP contribution >= 0.6 is 0 Å². The van der Waals surface area contributed by atoms with Gasteiger partial charge in [-0.1, -0.05) is 35.9 Å². The highest BCUT2D eigenvalue weighted by Gasteiger charge is 2.62. The summed E-state index contributed by atoms with van der Waals surface area (Å²) in [5.74, 6) is 0.257. The number of carbonyl (C=O) groups excluding carboxylic acids is 1. The smallest absolute Gasteiger partial charge is 0.317 e. The second-order valence-corrected chi connectivity index (χ2v) is 6.38. The summed E-state index contributed by atoms with van der Waals surface area (Å²) in [5, 5.41) is 0. The normalized spacial score (nSPS) is 23.8. The van der Waals surface area contributed by atoms with E-state index in [2.05, 4.69) is 4.90 Å². The number of esters is 1. The summed E-state index contributed by atoms with van der Waals surface area (Å²) in [6.45, 7) is 5.29. The zero-order valence-electron chi connectivity index (χ0n) is 13.4. The standard InChI is InChI=1S/C18H25NO2/c1-14(2)10-11-21-17(20)18(12-16(18)13-19(3)4)15-8-6-5-7-9-15/h5-10,16H,11-13H2,1-4H3. The molecule has 2 unspecified atom stereocenters. The van der Waals surface area contributed by atoms with Crippen molar-refractivity contribution in [2.24, 2.45) is 5.92 Å². The summed E-state index contributed by atoms with van der Waals surface area (Å²) >= 11 is 0. The molecule has 3 heteroatoms. The second kappa shape index (κ2) is 6.44. The molecule has 3 nitrogen and oxygen atoms in total. The molecule has 1 saturated carbocycles. The van der Waals surface area contributed by atoms with E-state index in [9.17, 15) is 4.79 Å². The Bertz CT molecular complexity index is 517. The summed E-state index contributed by atoms with van der Waals surface area (Å²) in [6.07, 6.45) is 2.82. The Kier molecular flexibility index (Phi) is 4.84. The fourth-order valence-electron chi connectivity index (χ4n) is 2.86. The van der Waals surface area contributed by atoms with Gasteiger partial charge in [0.2, 0.25) is 0 Å². The number of nitrogens with zero attached hydrogens (tertiary/aromatic N) is 1. The summed E-state index contributed by atoms with van der Waals surface area (Å²) in [4.78, 5) is 14.8. The van der Waals surface area contributed by atoms with Crippen molar-refractivity contribution in [1.29, 1.82) is 0 Å². The first-order valence-corrected chi connectivity index (χ1v) is 7.47. The molecule has 2 atom stereocenters. The van der Waals surface area contributed by atoms with Gasteiger partial charge in [0.25, 0.3) is 0 Å². The first kappa shape index (κ1) is 15.8. The molecule has 0 radical (unpaired) electrons. The zero-order chi connectivity index (χ0) is 15.5. The second-order valence-electron chi connectivity index (χ2n) is 6.38. The van der Waals surface area contributed by atoms with Gasteiger partial charge in [0.1, 0.15) is 6.61 Å². The van der Waals surface area contributed by atoms with E-state index < -0.39 is 5.41 Å². The Hall–Kier alpha value is -1.61. The maximum atomic E-state index is 12.6. The lowest BCUT2D eigenvalue weighted by atomic mass is 9.93. The number of rotatable bonds is 6. The molecule has 0 amide bonds. The first-order valence-electron chi connectivity index (χ1n) is 7.47. The minimum absolute atomic E-state index is 0.0851. The molecule has 0 aliphatic heterocycles. The fourth-order valence-corrected chi connectivity index (χ4v) is 2.86. The van der Waals surface area contributed by atoms with Crippen LogP contribution in [0.25, 0.3) is 0 Å². The molecule has 1 aromatic rings. The lowest BCUT2D eigenvalue weighted by molar-refractivity contribution is -0.146. The third-order valence-electron chi connectivity index (χ3n) is 4.05. The van der Waals surface area contributed by atoms with Crippen molar-refractivity contribution in [3.05, 3.63) is 47.5 Å². The van der Waals surface area contributed by atoms with Crippen LogP contribution in [0.3, 0.4) is 0 Å². The van der Waals surface area contributed by atoms with Gasteiger partial charge in [-0.2, -0.15) is 0 Å². The minimum Gasteiger partial charge on any atom is -0.461 e. The van der Waals surface area contributed by atoms with Crippen LogP contribution in [-0.4, -0.2) is 38.1 Å². The largest absolute Gasteiger partial charge is 0.461 e. The van der Waals surface area contributed by atoms with Gasteiger partial charge in [-0.15, -0.1) is 0 Å². The molecule has 21 heavy (non-hydrogen) atoms. The maximum absolute atomic E-state index is 12.6. The van der Waals surface area contributed by atoms with Gasteiger partial charge in [-0.3, -0.25) is 4.79 Å². The fraction of sp³-hybridized carbons (Fsp3) is 0.500. The lowest BCUT2D eigenvalue weighted by Gasteiger charge is -2.18. The van der Waals surface area contributed by atoms with Gasteiger partial charge in [-0.05, 0) is 51.9 Å². The molecular formula is C18H25NO2. The predicted molar refractivity (Wildman–Crippen MR) is 85.2 cm³/mol. The molecule has 2 rings (SSSR count). The maximum Gasteiger partial charge on any atom is 0.317 e. The van der Waals surface area contributed by atoms with Crippen LogP contribution in [0, 0.1) is 5.92 Å². The Morgan fingerprint density at radius 3 is 2.57 bits per heavy atom. The van der Waals surface area contributed by atoms with Crippen molar-refractivity contribution in [1.82, 2.24) is 4.90 Å². The van der Waals surface area contributed by atoms with Crippen LogP contribution in [0.15, 0.2) is 42.0 Å². The average Bonchev–Trinajstić information content (AvgIpc) is 3.13. The summed E-state index contributed by atoms with van der Waals surface area (Å²) in [6, 6.07) is 10.0. The van der Waals surface area contributed by atoms with Gasteiger partial charge in [0, 0.05) is 6.54 Å². The number of hydrogen-bond donors (Lipinski definition) is 0. The van der Waals surface area contributed by atoms with Gasteiger partial charge < -0.3 is 9.64 Å². The van der Waals surface area contributed by atoms with Crippen LogP contribution < -0.4 is 0 Å².